The minimum atomic E-state index is -0.601. The first-order chi connectivity index (χ1) is 9.78. The van der Waals surface area contributed by atoms with E-state index >= 15 is 0 Å². The van der Waals surface area contributed by atoms with E-state index in [9.17, 15) is 4.79 Å². The minimum Gasteiger partial charge on any atom is -0.480 e. The first-order valence-electron chi connectivity index (χ1n) is 6.90. The molecule has 21 heavy (non-hydrogen) atoms. The Morgan fingerprint density at radius 2 is 2.05 bits per heavy atom. The summed E-state index contributed by atoms with van der Waals surface area (Å²) in [7, 11) is 0. The number of amides is 1. The Labute approximate surface area is 124 Å². The van der Waals surface area contributed by atoms with Crippen LogP contribution in [0.4, 0.5) is 5.69 Å². The number of benzene rings is 1. The van der Waals surface area contributed by atoms with Crippen LogP contribution in [-0.2, 0) is 4.79 Å². The van der Waals surface area contributed by atoms with Gasteiger partial charge in [-0.05, 0) is 52.0 Å². The van der Waals surface area contributed by atoms with Crippen LogP contribution in [0.3, 0.4) is 0 Å². The van der Waals surface area contributed by atoms with Crippen molar-refractivity contribution in [1.29, 1.82) is 0 Å². The number of nitrogen functional groups attached to an aromatic ring is 1. The number of hydrogen-bond donors (Lipinski definition) is 2. The summed E-state index contributed by atoms with van der Waals surface area (Å²) in [6, 6.07) is 7.19. The molecule has 0 saturated heterocycles. The Morgan fingerprint density at radius 3 is 2.71 bits per heavy atom. The summed E-state index contributed by atoms with van der Waals surface area (Å²) in [4.78, 5) is 16.3. The molecule has 0 radical (unpaired) electrons. The number of ether oxygens (including phenoxy) is 1. The molecule has 112 valence electrons. The number of nitrogens with zero attached hydrogens (tertiary/aromatic N) is 1. The molecule has 1 amide bonds. The van der Waals surface area contributed by atoms with Gasteiger partial charge in [-0.1, -0.05) is 0 Å². The van der Waals surface area contributed by atoms with E-state index in [2.05, 4.69) is 10.3 Å². The molecule has 1 aromatic heterocycles. The quantitative estimate of drug-likeness (QED) is 0.850. The largest absolute Gasteiger partial charge is 0.480 e. The lowest BCUT2D eigenvalue weighted by molar-refractivity contribution is -0.128. The van der Waals surface area contributed by atoms with Gasteiger partial charge in [0, 0.05) is 17.1 Å². The molecule has 3 N–H and O–H groups in total. The van der Waals surface area contributed by atoms with Gasteiger partial charge in [-0.15, -0.1) is 0 Å². The zero-order valence-electron chi connectivity index (χ0n) is 12.8. The van der Waals surface area contributed by atoms with Crippen molar-refractivity contribution in [3.8, 4) is 5.75 Å². The van der Waals surface area contributed by atoms with Gasteiger partial charge in [0.15, 0.2) is 6.10 Å². The fourth-order valence-corrected chi connectivity index (χ4v) is 1.99. The van der Waals surface area contributed by atoms with Crippen LogP contribution in [0.25, 0.3) is 10.9 Å². The topological polar surface area (TPSA) is 77.2 Å². The Kier molecular flexibility index (Phi) is 4.02. The summed E-state index contributed by atoms with van der Waals surface area (Å²) in [6.45, 7) is 7.51. The van der Waals surface area contributed by atoms with Gasteiger partial charge in [-0.2, -0.15) is 0 Å². The maximum absolute atomic E-state index is 12.1. The van der Waals surface area contributed by atoms with Crippen molar-refractivity contribution >= 4 is 22.5 Å². The van der Waals surface area contributed by atoms with E-state index < -0.39 is 6.10 Å². The van der Waals surface area contributed by atoms with Gasteiger partial charge >= 0.3 is 0 Å². The molecule has 1 aromatic carbocycles. The molecule has 0 fully saturated rings. The van der Waals surface area contributed by atoms with Crippen LogP contribution < -0.4 is 15.8 Å². The molecule has 0 aliphatic carbocycles. The summed E-state index contributed by atoms with van der Waals surface area (Å²) in [5.41, 5.74) is 6.88. The van der Waals surface area contributed by atoms with Crippen LogP contribution in [0.5, 0.6) is 5.75 Å². The van der Waals surface area contributed by atoms with E-state index in [4.69, 9.17) is 10.5 Å². The molecule has 0 saturated carbocycles. The van der Waals surface area contributed by atoms with E-state index in [0.717, 1.165) is 5.39 Å². The van der Waals surface area contributed by atoms with Crippen molar-refractivity contribution in [3.05, 3.63) is 30.5 Å². The van der Waals surface area contributed by atoms with Crippen LogP contribution in [0.1, 0.15) is 27.7 Å². The van der Waals surface area contributed by atoms with Crippen molar-refractivity contribution in [2.24, 2.45) is 0 Å². The van der Waals surface area contributed by atoms with Gasteiger partial charge in [-0.3, -0.25) is 9.78 Å². The lowest BCUT2D eigenvalue weighted by Crippen LogP contribution is -2.46. The van der Waals surface area contributed by atoms with Gasteiger partial charge in [0.25, 0.3) is 5.91 Å². The van der Waals surface area contributed by atoms with Crippen LogP contribution in [0.2, 0.25) is 0 Å². The first kappa shape index (κ1) is 15.1. The third-order valence-electron chi connectivity index (χ3n) is 2.93. The van der Waals surface area contributed by atoms with Crippen molar-refractivity contribution in [2.45, 2.75) is 39.3 Å². The number of nitrogens with two attached hydrogens (primary N) is 1. The van der Waals surface area contributed by atoms with Crippen molar-refractivity contribution in [1.82, 2.24) is 10.3 Å². The first-order valence-corrected chi connectivity index (χ1v) is 6.90. The summed E-state index contributed by atoms with van der Waals surface area (Å²) >= 11 is 0. The van der Waals surface area contributed by atoms with Gasteiger partial charge in [0.2, 0.25) is 0 Å². The average molecular weight is 287 g/mol. The minimum absolute atomic E-state index is 0.156. The monoisotopic (exact) mass is 287 g/mol. The molecule has 5 heteroatoms. The number of hydrogen-bond acceptors (Lipinski definition) is 4. The van der Waals surface area contributed by atoms with Gasteiger partial charge in [-0.25, -0.2) is 0 Å². The highest BCUT2D eigenvalue weighted by Gasteiger charge is 2.21. The summed E-state index contributed by atoms with van der Waals surface area (Å²) in [6.07, 6.45) is 1.08. The molecule has 0 spiro atoms. The second-order valence-electron chi connectivity index (χ2n) is 6.05. The molecule has 1 heterocycles. The summed E-state index contributed by atoms with van der Waals surface area (Å²) in [5, 5.41) is 3.69. The Hall–Kier alpha value is -2.30. The molecule has 1 unspecified atom stereocenters. The van der Waals surface area contributed by atoms with E-state index in [1.165, 1.54) is 0 Å². The lowest BCUT2D eigenvalue weighted by Gasteiger charge is -2.24. The fraction of sp³-hybridized carbons (Fsp3) is 0.375. The number of fused-ring (bicyclic) bond motifs is 1. The molecule has 0 bridgehead atoms. The number of aromatic nitrogens is 1. The highest BCUT2D eigenvalue weighted by Crippen LogP contribution is 2.29. The summed E-state index contributed by atoms with van der Waals surface area (Å²) < 4.78 is 5.78. The van der Waals surface area contributed by atoms with Crippen LogP contribution in [0.15, 0.2) is 30.5 Å². The fourth-order valence-electron chi connectivity index (χ4n) is 1.99. The molecule has 2 aromatic rings. The molecular formula is C16H21N3O2. The van der Waals surface area contributed by atoms with E-state index in [1.807, 2.05) is 32.9 Å². The normalized spacial score (nSPS) is 13.0. The Morgan fingerprint density at radius 1 is 1.33 bits per heavy atom. The lowest BCUT2D eigenvalue weighted by atomic mass is 10.1. The predicted molar refractivity (Wildman–Crippen MR) is 84.1 cm³/mol. The number of anilines is 1. The van der Waals surface area contributed by atoms with Gasteiger partial charge in [0.1, 0.15) is 5.75 Å². The SMILES string of the molecule is CC(Oc1ccc(N)c2ncccc12)C(=O)NC(C)(C)C. The van der Waals surface area contributed by atoms with Crippen LogP contribution in [0, 0.1) is 0 Å². The standard InChI is InChI=1S/C16H21N3O2/c1-10(15(20)19-16(2,3)4)21-13-8-7-12(17)14-11(13)6-5-9-18-14/h5-10H,17H2,1-4H3,(H,19,20). The van der Waals surface area contributed by atoms with E-state index in [1.54, 1.807) is 25.3 Å². The Balaban J connectivity index is 2.24. The van der Waals surface area contributed by atoms with Crippen molar-refractivity contribution in [2.75, 3.05) is 5.73 Å². The second-order valence-corrected chi connectivity index (χ2v) is 6.05. The zero-order valence-corrected chi connectivity index (χ0v) is 12.8. The maximum Gasteiger partial charge on any atom is 0.261 e. The average Bonchev–Trinajstić information content (AvgIpc) is 2.40. The maximum atomic E-state index is 12.1. The number of pyridine rings is 1. The van der Waals surface area contributed by atoms with E-state index in [-0.39, 0.29) is 11.4 Å². The zero-order chi connectivity index (χ0) is 15.6. The number of nitrogens with one attached hydrogen (secondary N) is 1. The molecule has 1 atom stereocenters. The number of carbonyl (C=O) groups excluding carboxylic acids is 1. The molecule has 5 nitrogen and oxygen atoms in total. The van der Waals surface area contributed by atoms with Crippen molar-refractivity contribution < 1.29 is 9.53 Å². The number of carbonyl (C=O) groups is 1. The third kappa shape index (κ3) is 3.62. The van der Waals surface area contributed by atoms with Crippen LogP contribution in [-0.4, -0.2) is 22.5 Å². The predicted octanol–water partition coefficient (Wildman–Crippen LogP) is 2.50. The third-order valence-corrected chi connectivity index (χ3v) is 2.93. The molecule has 0 aliphatic heterocycles. The van der Waals surface area contributed by atoms with E-state index in [0.29, 0.717) is 17.0 Å². The molecule has 2 rings (SSSR count). The highest BCUT2D eigenvalue weighted by atomic mass is 16.5. The highest BCUT2D eigenvalue weighted by molar-refractivity contribution is 5.94. The second kappa shape index (κ2) is 5.60. The van der Waals surface area contributed by atoms with Gasteiger partial charge < -0.3 is 15.8 Å². The smallest absolute Gasteiger partial charge is 0.261 e. The molecule has 0 aliphatic rings. The Bertz CT molecular complexity index is 662. The summed E-state index contributed by atoms with van der Waals surface area (Å²) in [5.74, 6) is 0.445. The molecular weight excluding hydrogens is 266 g/mol. The van der Waals surface area contributed by atoms with Crippen LogP contribution >= 0.6 is 0 Å². The number of rotatable bonds is 3. The van der Waals surface area contributed by atoms with Gasteiger partial charge in [0.05, 0.1) is 11.2 Å². The van der Waals surface area contributed by atoms with Crippen molar-refractivity contribution in [3.63, 3.8) is 0 Å².